The fourth-order valence-electron chi connectivity index (χ4n) is 1.50. The molecule has 0 atom stereocenters. The number of nitrogens with zero attached hydrogens (tertiary/aromatic N) is 1. The molecule has 0 spiro atoms. The van der Waals surface area contributed by atoms with E-state index in [1.807, 2.05) is 24.3 Å². The summed E-state index contributed by atoms with van der Waals surface area (Å²) in [4.78, 5) is 16.2. The van der Waals surface area contributed by atoms with Crippen LogP contribution in [0.3, 0.4) is 0 Å². The van der Waals surface area contributed by atoms with E-state index in [0.717, 1.165) is 14.9 Å². The molecule has 0 bridgehead atoms. The zero-order valence-electron chi connectivity index (χ0n) is 7.06. The van der Waals surface area contributed by atoms with Crippen molar-refractivity contribution in [2.45, 2.75) is 0 Å². The van der Waals surface area contributed by atoms with Crippen LogP contribution in [0.25, 0.3) is 20.3 Å². The Morgan fingerprint density at radius 1 is 1.29 bits per heavy atom. The normalized spacial score (nSPS) is 11.1. The Morgan fingerprint density at radius 2 is 2.14 bits per heavy atom. The van der Waals surface area contributed by atoms with E-state index in [2.05, 4.69) is 4.98 Å². The quantitative estimate of drug-likeness (QED) is 0.563. The van der Waals surface area contributed by atoms with E-state index in [1.54, 1.807) is 0 Å². The van der Waals surface area contributed by atoms with Crippen LogP contribution in [0.1, 0.15) is 0 Å². The van der Waals surface area contributed by atoms with Gasteiger partial charge in [0.25, 0.3) is 0 Å². The monoisotopic (exact) mass is 203 g/mol. The van der Waals surface area contributed by atoms with Crippen molar-refractivity contribution in [1.29, 1.82) is 0 Å². The molecule has 0 saturated heterocycles. The van der Waals surface area contributed by atoms with Crippen molar-refractivity contribution in [1.82, 2.24) is 4.98 Å². The van der Waals surface area contributed by atoms with E-state index in [1.165, 1.54) is 17.7 Å². The predicted molar refractivity (Wildman–Crippen MR) is 55.7 cm³/mol. The van der Waals surface area contributed by atoms with Crippen LogP contribution in [0.4, 0.5) is 0 Å². The Bertz CT molecular complexity index is 668. The van der Waals surface area contributed by atoms with Gasteiger partial charge in [0.2, 0.25) is 0 Å². The first-order valence-electron chi connectivity index (χ1n) is 4.11. The van der Waals surface area contributed by atoms with Crippen molar-refractivity contribution in [2.75, 3.05) is 0 Å². The van der Waals surface area contributed by atoms with Crippen molar-refractivity contribution in [3.63, 3.8) is 0 Å². The lowest BCUT2D eigenvalue weighted by Crippen LogP contribution is -1.97. The van der Waals surface area contributed by atoms with E-state index >= 15 is 0 Å². The smallest absolute Gasteiger partial charge is 0.348 e. The number of hydrogen-bond donors (Lipinski definition) is 0. The summed E-state index contributed by atoms with van der Waals surface area (Å²) in [6, 6.07) is 7.73. The summed E-state index contributed by atoms with van der Waals surface area (Å²) in [6.07, 6.45) is 1.19. The Labute approximate surface area is 82.6 Å². The number of aromatic nitrogens is 1. The maximum Gasteiger partial charge on any atom is 0.348 e. The molecule has 4 heteroatoms. The minimum Gasteiger partial charge on any atom is -0.411 e. The van der Waals surface area contributed by atoms with Crippen molar-refractivity contribution in [3.05, 3.63) is 41.1 Å². The van der Waals surface area contributed by atoms with Crippen LogP contribution in [0.5, 0.6) is 0 Å². The van der Waals surface area contributed by atoms with E-state index < -0.39 is 0 Å². The largest absolute Gasteiger partial charge is 0.411 e. The number of hydrogen-bond acceptors (Lipinski definition) is 4. The van der Waals surface area contributed by atoms with Gasteiger partial charge in [-0.25, -0.2) is 9.78 Å². The molecule has 2 heterocycles. The van der Waals surface area contributed by atoms with Crippen molar-refractivity contribution < 1.29 is 4.42 Å². The highest BCUT2D eigenvalue weighted by Crippen LogP contribution is 2.29. The van der Waals surface area contributed by atoms with Gasteiger partial charge in [0.1, 0.15) is 10.2 Å². The number of thiophene rings is 1. The first-order chi connectivity index (χ1) is 6.86. The van der Waals surface area contributed by atoms with Gasteiger partial charge in [0.05, 0.1) is 0 Å². The van der Waals surface area contributed by atoms with Gasteiger partial charge >= 0.3 is 5.63 Å². The standard InChI is InChI=1S/C10H5NO2S/c12-10-8-6-3-1-2-4-7(6)14-9(8)11-5-13-10/h1-5H. The molecule has 0 fully saturated rings. The van der Waals surface area contributed by atoms with Gasteiger partial charge in [-0.3, -0.25) is 0 Å². The molecule has 3 aromatic rings. The van der Waals surface area contributed by atoms with Crippen LogP contribution in [0.2, 0.25) is 0 Å². The zero-order chi connectivity index (χ0) is 9.54. The van der Waals surface area contributed by atoms with Crippen LogP contribution >= 0.6 is 11.3 Å². The molecule has 0 aliphatic heterocycles. The Balaban J connectivity index is 2.73. The predicted octanol–water partition coefficient (Wildman–Crippen LogP) is 2.40. The average Bonchev–Trinajstić information content (AvgIpc) is 2.57. The van der Waals surface area contributed by atoms with Crippen LogP contribution in [0.15, 0.2) is 39.9 Å². The van der Waals surface area contributed by atoms with Crippen LogP contribution in [-0.4, -0.2) is 4.98 Å². The molecule has 0 aliphatic rings. The van der Waals surface area contributed by atoms with Crippen LogP contribution in [-0.2, 0) is 0 Å². The second-order valence-electron chi connectivity index (χ2n) is 2.92. The number of rotatable bonds is 0. The maximum atomic E-state index is 11.5. The minimum atomic E-state index is -0.313. The molecule has 68 valence electrons. The maximum absolute atomic E-state index is 11.5. The lowest BCUT2D eigenvalue weighted by molar-refractivity contribution is 0.502. The van der Waals surface area contributed by atoms with Crippen LogP contribution in [0, 0.1) is 0 Å². The SMILES string of the molecule is O=c1ocnc2sc3ccccc3c12. The molecule has 0 unspecified atom stereocenters. The van der Waals surface area contributed by atoms with Crippen molar-refractivity contribution in [2.24, 2.45) is 0 Å². The highest BCUT2D eigenvalue weighted by Gasteiger charge is 2.08. The third kappa shape index (κ3) is 0.914. The third-order valence-corrected chi connectivity index (χ3v) is 3.19. The van der Waals surface area contributed by atoms with Gasteiger partial charge in [-0.15, -0.1) is 11.3 Å². The molecule has 2 aromatic heterocycles. The second-order valence-corrected chi connectivity index (χ2v) is 3.95. The van der Waals surface area contributed by atoms with Gasteiger partial charge in [-0.1, -0.05) is 18.2 Å². The van der Waals surface area contributed by atoms with E-state index in [4.69, 9.17) is 4.42 Å². The van der Waals surface area contributed by atoms with E-state index in [9.17, 15) is 4.79 Å². The fraction of sp³-hybridized carbons (Fsp3) is 0. The molecule has 0 N–H and O–H groups in total. The summed E-state index contributed by atoms with van der Waals surface area (Å²) >= 11 is 1.50. The van der Waals surface area contributed by atoms with Crippen molar-refractivity contribution >= 4 is 31.6 Å². The first kappa shape index (κ1) is 7.70. The minimum absolute atomic E-state index is 0.313. The molecular formula is C10H5NO2S. The van der Waals surface area contributed by atoms with E-state index in [0.29, 0.717) is 5.39 Å². The third-order valence-electron chi connectivity index (χ3n) is 2.11. The summed E-state index contributed by atoms with van der Waals surface area (Å²) in [6.45, 7) is 0. The molecule has 0 aliphatic carbocycles. The lowest BCUT2D eigenvalue weighted by atomic mass is 10.2. The number of benzene rings is 1. The molecule has 0 radical (unpaired) electrons. The lowest BCUT2D eigenvalue weighted by Gasteiger charge is -1.86. The highest BCUT2D eigenvalue weighted by molar-refractivity contribution is 7.25. The first-order valence-corrected chi connectivity index (χ1v) is 4.93. The molecule has 0 amide bonds. The Morgan fingerprint density at radius 3 is 3.07 bits per heavy atom. The molecule has 1 aromatic carbocycles. The Hall–Kier alpha value is -1.68. The molecule has 3 nitrogen and oxygen atoms in total. The van der Waals surface area contributed by atoms with Gasteiger partial charge in [0.15, 0.2) is 6.39 Å². The van der Waals surface area contributed by atoms with Crippen LogP contribution < -0.4 is 5.63 Å². The Kier molecular flexibility index (Phi) is 1.46. The fourth-order valence-corrected chi connectivity index (χ4v) is 2.53. The molecule has 0 saturated carbocycles. The van der Waals surface area contributed by atoms with Crippen molar-refractivity contribution in [3.8, 4) is 0 Å². The van der Waals surface area contributed by atoms with Gasteiger partial charge in [-0.2, -0.15) is 0 Å². The molecular weight excluding hydrogens is 198 g/mol. The average molecular weight is 203 g/mol. The van der Waals surface area contributed by atoms with Gasteiger partial charge in [0, 0.05) is 10.1 Å². The highest BCUT2D eigenvalue weighted by atomic mass is 32.1. The second kappa shape index (κ2) is 2.65. The summed E-state index contributed by atoms with van der Waals surface area (Å²) in [5.41, 5.74) is -0.313. The summed E-state index contributed by atoms with van der Waals surface area (Å²) in [5.74, 6) is 0. The molecule has 3 rings (SSSR count). The van der Waals surface area contributed by atoms with Gasteiger partial charge < -0.3 is 4.42 Å². The van der Waals surface area contributed by atoms with E-state index in [-0.39, 0.29) is 5.63 Å². The van der Waals surface area contributed by atoms with Gasteiger partial charge in [-0.05, 0) is 6.07 Å². The summed E-state index contributed by atoms with van der Waals surface area (Å²) < 4.78 is 5.81. The zero-order valence-corrected chi connectivity index (χ0v) is 7.88. The number of fused-ring (bicyclic) bond motifs is 3. The molecule has 14 heavy (non-hydrogen) atoms. The summed E-state index contributed by atoms with van der Waals surface area (Å²) in [5, 5.41) is 1.52. The summed E-state index contributed by atoms with van der Waals surface area (Å²) in [7, 11) is 0. The topological polar surface area (TPSA) is 43.1 Å².